The summed E-state index contributed by atoms with van der Waals surface area (Å²) in [6.07, 6.45) is 1.79. The summed E-state index contributed by atoms with van der Waals surface area (Å²) in [6, 6.07) is 55.6. The number of anilines is 4. The molecule has 242 valence electrons. The molecule has 1 aliphatic heterocycles. The molecule has 7 heteroatoms. The molecule has 0 saturated heterocycles. The first-order valence-electron chi connectivity index (χ1n) is 15.9. The third kappa shape index (κ3) is 5.39. The Balaban J connectivity index is 0.00000361. The number of pyridine rings is 1. The van der Waals surface area contributed by atoms with Crippen LogP contribution < -0.4 is 14.5 Å². The van der Waals surface area contributed by atoms with E-state index in [1.165, 1.54) is 0 Å². The zero-order valence-electron chi connectivity index (χ0n) is 26.5. The van der Waals surface area contributed by atoms with Crippen molar-refractivity contribution < 1.29 is 25.8 Å². The molecule has 0 bridgehead atoms. The minimum absolute atomic E-state index is 0. The van der Waals surface area contributed by atoms with Gasteiger partial charge in [-0.2, -0.15) is 6.07 Å². The number of ether oxygens (including phenoxy) is 1. The van der Waals surface area contributed by atoms with Gasteiger partial charge in [0, 0.05) is 66.9 Å². The Morgan fingerprint density at radius 3 is 2.26 bits per heavy atom. The van der Waals surface area contributed by atoms with Gasteiger partial charge >= 0.3 is 0 Å². The van der Waals surface area contributed by atoms with Crippen molar-refractivity contribution in [2.75, 3.05) is 9.80 Å². The first-order valence-corrected chi connectivity index (χ1v) is 15.9. The summed E-state index contributed by atoms with van der Waals surface area (Å²) >= 11 is 0. The maximum absolute atomic E-state index is 7.94. The predicted molar refractivity (Wildman–Crippen MR) is 196 cm³/mol. The van der Waals surface area contributed by atoms with E-state index in [4.69, 9.17) is 11.3 Å². The van der Waals surface area contributed by atoms with E-state index in [9.17, 15) is 0 Å². The van der Waals surface area contributed by atoms with Crippen molar-refractivity contribution in [1.82, 2.24) is 9.55 Å². The molecule has 9 rings (SSSR count). The van der Waals surface area contributed by atoms with E-state index in [-0.39, 0.29) is 21.1 Å². The number of aromatic nitrogens is 2. The Morgan fingerprint density at radius 1 is 0.680 bits per heavy atom. The summed E-state index contributed by atoms with van der Waals surface area (Å²) in [7, 11) is 0. The van der Waals surface area contributed by atoms with Gasteiger partial charge in [-0.15, -0.1) is 48.1 Å². The molecule has 6 aromatic carbocycles. The molecule has 8 aromatic rings. The van der Waals surface area contributed by atoms with E-state index >= 15 is 0 Å². The summed E-state index contributed by atoms with van der Waals surface area (Å²) in [4.78, 5) is 12.7. The zero-order chi connectivity index (χ0) is 32.7. The molecule has 0 N–H and O–H groups in total. The van der Waals surface area contributed by atoms with Crippen molar-refractivity contribution in [1.29, 1.82) is 0 Å². The molecule has 50 heavy (non-hydrogen) atoms. The molecule has 0 aliphatic carbocycles. The van der Waals surface area contributed by atoms with Crippen molar-refractivity contribution >= 4 is 50.2 Å². The normalized spacial score (nSPS) is 12.1. The Hall–Kier alpha value is -6.15. The van der Waals surface area contributed by atoms with Gasteiger partial charge < -0.3 is 19.1 Å². The van der Waals surface area contributed by atoms with Crippen molar-refractivity contribution in [3.8, 4) is 28.4 Å². The molecule has 3 heterocycles. The fraction of sp³-hybridized carbons (Fsp3) is 0. The molecule has 0 fully saturated rings. The van der Waals surface area contributed by atoms with Crippen molar-refractivity contribution in [3.05, 3.63) is 182 Å². The number of rotatable bonds is 6. The summed E-state index contributed by atoms with van der Waals surface area (Å²) in [5.74, 6) is 1.74. The molecule has 6 nitrogen and oxygen atoms in total. The molecule has 0 radical (unpaired) electrons. The molecule has 1 aliphatic rings. The Morgan fingerprint density at radius 2 is 1.46 bits per heavy atom. The van der Waals surface area contributed by atoms with Crippen LogP contribution in [0.5, 0.6) is 11.5 Å². The van der Waals surface area contributed by atoms with Crippen molar-refractivity contribution in [2.24, 2.45) is 0 Å². The van der Waals surface area contributed by atoms with Gasteiger partial charge in [0.25, 0.3) is 0 Å². The van der Waals surface area contributed by atoms with Crippen molar-refractivity contribution in [2.45, 2.75) is 0 Å². The summed E-state index contributed by atoms with van der Waals surface area (Å²) in [6.45, 7) is 10.00. The Bertz CT molecular complexity index is 2530. The maximum Gasteiger partial charge on any atom is 0.135 e. The number of hydrogen-bond donors (Lipinski definition) is 0. The number of hydrogen-bond acceptors (Lipinski definition) is 4. The maximum atomic E-state index is 7.94. The minimum Gasteiger partial charge on any atom is -0.510 e. The summed E-state index contributed by atoms with van der Waals surface area (Å²) < 4.78 is 8.56. The van der Waals surface area contributed by atoms with E-state index in [0.717, 1.165) is 55.8 Å². The monoisotopic (exact) mass is 823 g/mol. The SMILES string of the molecule is [C-]#[N+]c1cc(Oc2[c-]c3c(cc2)c2ccccc2n3-c2ccccn2)[c-]c(N2[CH-]N(c3ccccc3)c3c(-c4ccccc4)cccc32)c1.[Pt]. The molecule has 0 amide bonds. The van der Waals surface area contributed by atoms with Gasteiger partial charge in [-0.05, 0) is 47.3 Å². The fourth-order valence-corrected chi connectivity index (χ4v) is 6.58. The van der Waals surface area contributed by atoms with E-state index in [1.54, 1.807) is 12.3 Å². The van der Waals surface area contributed by atoms with Crippen LogP contribution in [0.3, 0.4) is 0 Å². The smallest absolute Gasteiger partial charge is 0.135 e. The minimum atomic E-state index is 0. The predicted octanol–water partition coefficient (Wildman–Crippen LogP) is 11.2. The second-order valence-electron chi connectivity index (χ2n) is 11.7. The van der Waals surface area contributed by atoms with Crippen LogP contribution >= 0.6 is 0 Å². The van der Waals surface area contributed by atoms with Gasteiger partial charge in [0.05, 0.1) is 12.3 Å². The average Bonchev–Trinajstić information content (AvgIpc) is 3.72. The zero-order valence-corrected chi connectivity index (χ0v) is 28.7. The van der Waals surface area contributed by atoms with Crippen LogP contribution in [0.2, 0.25) is 0 Å². The third-order valence-corrected chi connectivity index (χ3v) is 8.72. The van der Waals surface area contributed by atoms with Crippen LogP contribution in [-0.2, 0) is 21.1 Å². The van der Waals surface area contributed by atoms with E-state index in [1.807, 2.05) is 66.7 Å². The van der Waals surface area contributed by atoms with Gasteiger partial charge in [-0.3, -0.25) is 4.85 Å². The summed E-state index contributed by atoms with van der Waals surface area (Å²) in [5, 5.41) is 2.16. The Kier molecular flexibility index (Phi) is 8.12. The van der Waals surface area contributed by atoms with Crippen LogP contribution in [-0.4, -0.2) is 9.55 Å². The largest absolute Gasteiger partial charge is 0.510 e. The molecule has 0 saturated carbocycles. The third-order valence-electron chi connectivity index (χ3n) is 8.72. The molecule has 0 spiro atoms. The fourth-order valence-electron chi connectivity index (χ4n) is 6.58. The number of para-hydroxylation sites is 3. The van der Waals surface area contributed by atoms with Gasteiger partial charge in [0.2, 0.25) is 0 Å². The van der Waals surface area contributed by atoms with Crippen molar-refractivity contribution in [3.63, 3.8) is 0 Å². The van der Waals surface area contributed by atoms with E-state index in [0.29, 0.717) is 22.9 Å². The van der Waals surface area contributed by atoms with Crippen LogP contribution in [0.15, 0.2) is 152 Å². The second-order valence-corrected chi connectivity index (χ2v) is 11.7. The summed E-state index contributed by atoms with van der Waals surface area (Å²) in [5.41, 5.74) is 8.29. The van der Waals surface area contributed by atoms with E-state index in [2.05, 4.69) is 116 Å². The van der Waals surface area contributed by atoms with Gasteiger partial charge in [-0.25, -0.2) is 4.98 Å². The van der Waals surface area contributed by atoms with E-state index < -0.39 is 0 Å². The molecule has 0 atom stereocenters. The number of nitrogens with zero attached hydrogens (tertiary/aromatic N) is 5. The molecular weight excluding hydrogens is 798 g/mol. The number of fused-ring (bicyclic) bond motifs is 4. The Labute approximate surface area is 304 Å². The van der Waals surface area contributed by atoms with Crippen LogP contribution in [0, 0.1) is 25.4 Å². The average molecular weight is 824 g/mol. The van der Waals surface area contributed by atoms with Gasteiger partial charge in [-0.1, -0.05) is 90.4 Å². The van der Waals surface area contributed by atoms with Gasteiger partial charge in [0.1, 0.15) is 5.82 Å². The first-order chi connectivity index (χ1) is 24.2. The molecule has 0 unspecified atom stereocenters. The van der Waals surface area contributed by atoms with Crippen LogP contribution in [0.4, 0.5) is 28.4 Å². The van der Waals surface area contributed by atoms with Crippen LogP contribution in [0.1, 0.15) is 0 Å². The van der Waals surface area contributed by atoms with Gasteiger partial charge in [0.15, 0.2) is 0 Å². The second kappa shape index (κ2) is 13.0. The van der Waals surface area contributed by atoms with Crippen LogP contribution in [0.25, 0.3) is 43.6 Å². The topological polar surface area (TPSA) is 37.9 Å². The quantitative estimate of drug-likeness (QED) is 0.157. The number of benzene rings is 6. The first kappa shape index (κ1) is 31.1. The standard InChI is InChI=1S/C43H26N5O.Pt/c1-44-31-25-33(46-29-47(32-15-6-3-7-16-32)43-36(18-12-20-40(43)46)30-13-4-2-5-14-30)27-35(26-31)49-34-22-23-38-37-17-8-9-19-39(37)48(41(38)28-34)42-21-10-11-24-45-42;/h2-26,29H;/q-3;. The molecular formula is C43H26N5OPt-3. The molecule has 2 aromatic heterocycles.